The Kier molecular flexibility index (Phi) is 5.29. The van der Waals surface area contributed by atoms with Gasteiger partial charge in [-0.25, -0.2) is 4.39 Å². The Morgan fingerprint density at radius 3 is 2.53 bits per heavy atom. The highest BCUT2D eigenvalue weighted by atomic mass is 19.1. The van der Waals surface area contributed by atoms with Crippen LogP contribution >= 0.6 is 0 Å². The number of aromatic nitrogens is 1. The number of anilines is 1. The predicted octanol–water partition coefficient (Wildman–Crippen LogP) is 1.69. The molecule has 2 fully saturated rings. The van der Waals surface area contributed by atoms with E-state index in [2.05, 4.69) is 20.3 Å². The number of hydrogen-bond acceptors (Lipinski definition) is 8. The summed E-state index contributed by atoms with van der Waals surface area (Å²) in [6.07, 6.45) is 0.213. The van der Waals surface area contributed by atoms with Crippen molar-refractivity contribution in [1.82, 2.24) is 20.3 Å². The Bertz CT molecular complexity index is 1430. The van der Waals surface area contributed by atoms with Crippen LogP contribution in [-0.4, -0.2) is 70.8 Å². The second-order valence-electron chi connectivity index (χ2n) is 9.24. The minimum atomic E-state index is -0.976. The Hall–Kier alpha value is -4.12. The summed E-state index contributed by atoms with van der Waals surface area (Å²) in [5.74, 6) is -1.72. The molecule has 2 saturated heterocycles. The standard InChI is InChI=1S/C25H22FN5O5/c26-15-2-4-17-20(12-15)36-28-22(17)30-9-7-29(8-10-30)13-14-1-3-16-18(11-14)25(35)31(24(16)34)19-5-6-21(32)27-23(19)33/h1-4,11-12,19H,5-10,13H2,(H,27,32,33). The third kappa shape index (κ3) is 3.72. The molecule has 3 aliphatic rings. The van der Waals surface area contributed by atoms with Crippen LogP contribution in [0.1, 0.15) is 39.1 Å². The van der Waals surface area contributed by atoms with E-state index in [1.807, 2.05) is 6.07 Å². The molecule has 1 unspecified atom stereocenters. The zero-order valence-electron chi connectivity index (χ0n) is 19.2. The van der Waals surface area contributed by atoms with E-state index in [9.17, 15) is 23.6 Å². The van der Waals surface area contributed by atoms with Crippen LogP contribution in [0.2, 0.25) is 0 Å². The quantitative estimate of drug-likeness (QED) is 0.549. The molecule has 0 saturated carbocycles. The van der Waals surface area contributed by atoms with Crippen LogP contribution in [0.3, 0.4) is 0 Å². The van der Waals surface area contributed by atoms with Gasteiger partial charge in [-0.3, -0.25) is 34.3 Å². The fourth-order valence-electron chi connectivity index (χ4n) is 5.12. The molecule has 6 rings (SSSR count). The van der Waals surface area contributed by atoms with Gasteiger partial charge in [-0.2, -0.15) is 0 Å². The van der Waals surface area contributed by atoms with Crippen molar-refractivity contribution in [3.63, 3.8) is 0 Å². The summed E-state index contributed by atoms with van der Waals surface area (Å²) >= 11 is 0. The fourth-order valence-corrected chi connectivity index (χ4v) is 5.12. The topological polar surface area (TPSA) is 116 Å². The number of benzene rings is 2. The maximum Gasteiger partial charge on any atom is 0.262 e. The molecule has 0 spiro atoms. The molecule has 3 aromatic rings. The van der Waals surface area contributed by atoms with Crippen molar-refractivity contribution in [2.75, 3.05) is 31.1 Å². The van der Waals surface area contributed by atoms with Gasteiger partial charge >= 0.3 is 0 Å². The lowest BCUT2D eigenvalue weighted by molar-refractivity contribution is -0.136. The maximum atomic E-state index is 13.4. The van der Waals surface area contributed by atoms with E-state index in [-0.39, 0.29) is 29.8 Å². The first kappa shape index (κ1) is 22.4. The molecule has 2 aromatic carbocycles. The molecule has 4 amide bonds. The summed E-state index contributed by atoms with van der Waals surface area (Å²) in [5, 5.41) is 7.10. The first-order valence-electron chi connectivity index (χ1n) is 11.8. The van der Waals surface area contributed by atoms with Gasteiger partial charge in [-0.1, -0.05) is 11.2 Å². The molecule has 1 atom stereocenters. The zero-order valence-corrected chi connectivity index (χ0v) is 19.2. The van der Waals surface area contributed by atoms with Gasteiger partial charge < -0.3 is 9.42 Å². The van der Waals surface area contributed by atoms with Crippen molar-refractivity contribution < 1.29 is 28.1 Å². The number of hydrogen-bond donors (Lipinski definition) is 1. The Morgan fingerprint density at radius 1 is 0.972 bits per heavy atom. The van der Waals surface area contributed by atoms with Crippen LogP contribution in [0.15, 0.2) is 40.9 Å². The van der Waals surface area contributed by atoms with Gasteiger partial charge in [0.15, 0.2) is 11.4 Å². The lowest BCUT2D eigenvalue weighted by atomic mass is 10.0. The second kappa shape index (κ2) is 8.52. The number of rotatable bonds is 4. The maximum absolute atomic E-state index is 13.4. The predicted molar refractivity (Wildman–Crippen MR) is 125 cm³/mol. The monoisotopic (exact) mass is 491 g/mol. The molecule has 3 aliphatic heterocycles. The van der Waals surface area contributed by atoms with E-state index in [0.29, 0.717) is 31.0 Å². The van der Waals surface area contributed by atoms with E-state index in [1.165, 1.54) is 12.1 Å². The number of nitrogens with zero attached hydrogens (tertiary/aromatic N) is 4. The molecule has 11 heteroatoms. The van der Waals surface area contributed by atoms with Crippen LogP contribution in [0.4, 0.5) is 10.2 Å². The highest BCUT2D eigenvalue weighted by molar-refractivity contribution is 6.23. The van der Waals surface area contributed by atoms with Gasteiger partial charge in [0, 0.05) is 45.2 Å². The SMILES string of the molecule is O=C1CCC(N2C(=O)c3ccc(CN4CCN(c5noc6cc(F)ccc56)CC4)cc3C2=O)C(=O)N1. The van der Waals surface area contributed by atoms with Gasteiger partial charge in [0.05, 0.1) is 16.5 Å². The van der Waals surface area contributed by atoms with E-state index < -0.39 is 29.7 Å². The summed E-state index contributed by atoms with van der Waals surface area (Å²) < 4.78 is 18.7. The summed E-state index contributed by atoms with van der Waals surface area (Å²) in [7, 11) is 0. The smallest absolute Gasteiger partial charge is 0.262 e. The Morgan fingerprint density at radius 2 is 1.75 bits per heavy atom. The molecule has 1 N–H and O–H groups in total. The van der Waals surface area contributed by atoms with Crippen molar-refractivity contribution in [3.05, 3.63) is 58.9 Å². The Balaban J connectivity index is 1.13. The van der Waals surface area contributed by atoms with E-state index in [0.717, 1.165) is 28.9 Å². The minimum absolute atomic E-state index is 0.0854. The molecule has 36 heavy (non-hydrogen) atoms. The molecule has 0 radical (unpaired) electrons. The third-order valence-electron chi connectivity index (χ3n) is 7.00. The molecule has 4 heterocycles. The molecular weight excluding hydrogens is 469 g/mol. The van der Waals surface area contributed by atoms with Gasteiger partial charge in [0.1, 0.15) is 11.9 Å². The lowest BCUT2D eigenvalue weighted by Gasteiger charge is -2.34. The van der Waals surface area contributed by atoms with Gasteiger partial charge in [0.25, 0.3) is 11.8 Å². The number of halogens is 1. The largest absolute Gasteiger partial charge is 0.354 e. The van der Waals surface area contributed by atoms with Crippen LogP contribution in [0, 0.1) is 5.82 Å². The highest BCUT2D eigenvalue weighted by Crippen LogP contribution is 2.30. The van der Waals surface area contributed by atoms with Gasteiger partial charge in [0.2, 0.25) is 11.8 Å². The van der Waals surface area contributed by atoms with Crippen LogP contribution in [0.25, 0.3) is 11.0 Å². The molecule has 0 aliphatic carbocycles. The van der Waals surface area contributed by atoms with Crippen molar-refractivity contribution in [2.24, 2.45) is 0 Å². The number of carbonyl (C=O) groups is 4. The van der Waals surface area contributed by atoms with E-state index in [1.54, 1.807) is 18.2 Å². The van der Waals surface area contributed by atoms with E-state index in [4.69, 9.17) is 4.52 Å². The second-order valence-corrected chi connectivity index (χ2v) is 9.24. The van der Waals surface area contributed by atoms with Crippen molar-refractivity contribution in [1.29, 1.82) is 0 Å². The Labute approximate surface area is 204 Å². The molecule has 1 aromatic heterocycles. The minimum Gasteiger partial charge on any atom is -0.354 e. The van der Waals surface area contributed by atoms with Crippen LogP contribution in [0.5, 0.6) is 0 Å². The van der Waals surface area contributed by atoms with Gasteiger partial charge in [-0.05, 0) is 36.2 Å². The van der Waals surface area contributed by atoms with Crippen molar-refractivity contribution >= 4 is 40.4 Å². The third-order valence-corrected chi connectivity index (χ3v) is 7.00. The average molecular weight is 491 g/mol. The molecular formula is C25H22FN5O5. The highest BCUT2D eigenvalue weighted by Gasteiger charge is 2.44. The summed E-state index contributed by atoms with van der Waals surface area (Å²) in [5.41, 5.74) is 1.85. The molecule has 0 bridgehead atoms. The summed E-state index contributed by atoms with van der Waals surface area (Å²) in [6.45, 7) is 3.46. The van der Waals surface area contributed by atoms with E-state index >= 15 is 0 Å². The summed E-state index contributed by atoms with van der Waals surface area (Å²) in [6, 6.07) is 8.58. The first-order chi connectivity index (χ1) is 17.4. The van der Waals surface area contributed by atoms with Crippen molar-refractivity contribution in [2.45, 2.75) is 25.4 Å². The number of nitrogens with one attached hydrogen (secondary N) is 1. The molecule has 10 nitrogen and oxygen atoms in total. The van der Waals surface area contributed by atoms with Crippen LogP contribution < -0.4 is 10.2 Å². The average Bonchev–Trinajstić information content (AvgIpc) is 3.38. The number of fused-ring (bicyclic) bond motifs is 2. The fraction of sp³-hybridized carbons (Fsp3) is 0.320. The van der Waals surface area contributed by atoms with Gasteiger partial charge in [-0.15, -0.1) is 0 Å². The number of amides is 4. The number of piperazine rings is 1. The zero-order chi connectivity index (χ0) is 25.0. The normalized spacial score (nSPS) is 20.9. The molecule has 184 valence electrons. The number of imide groups is 2. The summed E-state index contributed by atoms with van der Waals surface area (Å²) in [4.78, 5) is 55.0. The number of piperidine rings is 1. The van der Waals surface area contributed by atoms with Crippen molar-refractivity contribution in [3.8, 4) is 0 Å². The van der Waals surface area contributed by atoms with Crippen LogP contribution in [-0.2, 0) is 16.1 Å². The number of carbonyl (C=O) groups excluding carboxylic acids is 4. The first-order valence-corrected chi connectivity index (χ1v) is 11.8. The lowest BCUT2D eigenvalue weighted by Crippen LogP contribution is -2.54.